The fourth-order valence-corrected chi connectivity index (χ4v) is 4.47. The second-order valence-corrected chi connectivity index (χ2v) is 9.69. The number of amides is 2. The minimum Gasteiger partial charge on any atom is -0.490 e. The number of rotatable bonds is 7. The zero-order valence-electron chi connectivity index (χ0n) is 18.8. The van der Waals surface area contributed by atoms with Gasteiger partial charge in [0.2, 0.25) is 0 Å². The van der Waals surface area contributed by atoms with Gasteiger partial charge in [0, 0.05) is 49.6 Å². The highest BCUT2D eigenvalue weighted by atomic mass is 35.5. The summed E-state index contributed by atoms with van der Waals surface area (Å²) in [5.41, 5.74) is 0.122. The number of nitrogens with one attached hydrogen (secondary N) is 1. The molecule has 2 aliphatic rings. The van der Waals surface area contributed by atoms with Gasteiger partial charge < -0.3 is 20.1 Å². The van der Waals surface area contributed by atoms with Crippen LogP contribution in [0.1, 0.15) is 35.7 Å². The highest BCUT2D eigenvalue weighted by molar-refractivity contribution is 6.42. The highest BCUT2D eigenvalue weighted by Gasteiger charge is 2.30. The van der Waals surface area contributed by atoms with Crippen molar-refractivity contribution < 1.29 is 19.4 Å². The molecule has 34 heavy (non-hydrogen) atoms. The molecule has 2 aliphatic heterocycles. The Balaban J connectivity index is 1.26. The first kappa shape index (κ1) is 24.5. The van der Waals surface area contributed by atoms with Gasteiger partial charge in [0.05, 0.1) is 21.2 Å². The van der Waals surface area contributed by atoms with Crippen molar-refractivity contribution in [2.24, 2.45) is 0 Å². The number of halogens is 2. The molecule has 1 fully saturated rings. The van der Waals surface area contributed by atoms with E-state index in [4.69, 9.17) is 27.9 Å². The van der Waals surface area contributed by atoms with Crippen molar-refractivity contribution in [2.75, 3.05) is 26.2 Å². The molecular formula is C25H26Cl2N3O4. The Bertz CT molecular complexity index is 1110. The predicted octanol–water partition coefficient (Wildman–Crippen LogP) is 3.50. The fraction of sp³-hybridized carbons (Fsp3) is 0.360. The van der Waals surface area contributed by atoms with E-state index in [1.807, 2.05) is 0 Å². The van der Waals surface area contributed by atoms with Crippen molar-refractivity contribution >= 4 is 40.6 Å². The SMILES string of the molecule is C[C@](O)(CNC(=O)C1=C[N]C(=O)c2ccccc21)CN1CCC(Oc2ccc(Cl)c(Cl)c2)CC1. The fourth-order valence-electron chi connectivity index (χ4n) is 4.18. The maximum Gasteiger partial charge on any atom is 0.277 e. The Morgan fingerprint density at radius 2 is 1.88 bits per heavy atom. The van der Waals surface area contributed by atoms with E-state index >= 15 is 0 Å². The Labute approximate surface area is 208 Å². The molecule has 2 heterocycles. The lowest BCUT2D eigenvalue weighted by molar-refractivity contribution is -0.117. The van der Waals surface area contributed by atoms with Crippen LogP contribution in [0.4, 0.5) is 0 Å². The lowest BCUT2D eigenvalue weighted by atomic mass is 9.96. The van der Waals surface area contributed by atoms with E-state index in [1.165, 1.54) is 6.20 Å². The standard InChI is InChI=1S/C25H26Cl2N3O4/c1-25(33,14-29-24(32)20-13-28-23(31)19-5-3-2-4-18(19)20)15-30-10-8-16(9-11-30)34-17-6-7-21(26)22(27)12-17/h2-7,12-13,16,33H,8-11,14-15H2,1H3,(H,29,32)/t25-/m0/s1. The summed E-state index contributed by atoms with van der Waals surface area (Å²) in [6.07, 6.45) is 2.96. The van der Waals surface area contributed by atoms with Crippen molar-refractivity contribution in [1.29, 1.82) is 0 Å². The van der Waals surface area contributed by atoms with Gasteiger partial charge in [0.1, 0.15) is 11.9 Å². The minimum atomic E-state index is -1.13. The molecule has 9 heteroatoms. The van der Waals surface area contributed by atoms with Gasteiger partial charge in [-0.2, -0.15) is 0 Å². The number of carbonyl (C=O) groups excluding carboxylic acids is 2. The number of ether oxygens (including phenoxy) is 1. The van der Waals surface area contributed by atoms with Gasteiger partial charge in [0.25, 0.3) is 11.8 Å². The van der Waals surface area contributed by atoms with Crippen LogP contribution in [0.15, 0.2) is 48.7 Å². The number of piperidine rings is 1. The first-order valence-electron chi connectivity index (χ1n) is 11.1. The molecule has 0 saturated carbocycles. The molecule has 1 saturated heterocycles. The maximum atomic E-state index is 12.8. The van der Waals surface area contributed by atoms with E-state index in [2.05, 4.69) is 15.5 Å². The molecule has 2 N–H and O–H groups in total. The summed E-state index contributed by atoms with van der Waals surface area (Å²) >= 11 is 12.0. The van der Waals surface area contributed by atoms with Gasteiger partial charge in [-0.1, -0.05) is 41.4 Å². The molecule has 0 bridgehead atoms. The second-order valence-electron chi connectivity index (χ2n) is 8.87. The Hall–Kier alpha value is -2.58. The summed E-state index contributed by atoms with van der Waals surface area (Å²) < 4.78 is 6.02. The van der Waals surface area contributed by atoms with E-state index < -0.39 is 5.60 Å². The zero-order valence-corrected chi connectivity index (χ0v) is 20.3. The van der Waals surface area contributed by atoms with Crippen LogP contribution in [-0.2, 0) is 4.79 Å². The first-order valence-corrected chi connectivity index (χ1v) is 11.9. The van der Waals surface area contributed by atoms with E-state index in [0.29, 0.717) is 39.0 Å². The van der Waals surface area contributed by atoms with Crippen LogP contribution in [0.5, 0.6) is 5.75 Å². The number of nitrogens with zero attached hydrogens (tertiary/aromatic N) is 2. The molecule has 0 aromatic heterocycles. The molecule has 2 amide bonds. The van der Waals surface area contributed by atoms with Gasteiger partial charge in [-0.25, -0.2) is 5.32 Å². The van der Waals surface area contributed by atoms with E-state index in [-0.39, 0.29) is 24.5 Å². The summed E-state index contributed by atoms with van der Waals surface area (Å²) in [6, 6.07) is 12.1. The predicted molar refractivity (Wildman–Crippen MR) is 131 cm³/mol. The van der Waals surface area contributed by atoms with Crippen LogP contribution in [0, 0.1) is 0 Å². The van der Waals surface area contributed by atoms with Gasteiger partial charge >= 0.3 is 0 Å². The third-order valence-electron chi connectivity index (χ3n) is 5.93. The molecule has 0 spiro atoms. The van der Waals surface area contributed by atoms with E-state index in [9.17, 15) is 14.7 Å². The summed E-state index contributed by atoms with van der Waals surface area (Å²) in [4.78, 5) is 26.9. The number of aliphatic hydroxyl groups is 1. The Kier molecular flexibility index (Phi) is 7.48. The molecule has 2 aromatic rings. The summed E-state index contributed by atoms with van der Waals surface area (Å²) in [5, 5.41) is 18.4. The van der Waals surface area contributed by atoms with Crippen molar-refractivity contribution in [3.8, 4) is 5.75 Å². The lowest BCUT2D eigenvalue weighted by Crippen LogP contribution is -2.51. The molecular weight excluding hydrogens is 477 g/mol. The van der Waals surface area contributed by atoms with E-state index in [1.54, 1.807) is 49.4 Å². The van der Waals surface area contributed by atoms with Crippen molar-refractivity contribution in [1.82, 2.24) is 15.5 Å². The van der Waals surface area contributed by atoms with Gasteiger partial charge in [-0.3, -0.25) is 9.59 Å². The van der Waals surface area contributed by atoms with Crippen molar-refractivity contribution in [2.45, 2.75) is 31.5 Å². The monoisotopic (exact) mass is 502 g/mol. The lowest BCUT2D eigenvalue weighted by Gasteiger charge is -2.36. The number of likely N-dealkylation sites (tertiary alicyclic amines) is 1. The van der Waals surface area contributed by atoms with Crippen molar-refractivity contribution in [3.05, 3.63) is 69.8 Å². The van der Waals surface area contributed by atoms with Crippen LogP contribution in [-0.4, -0.2) is 59.7 Å². The van der Waals surface area contributed by atoms with Crippen LogP contribution >= 0.6 is 23.2 Å². The average molecular weight is 503 g/mol. The van der Waals surface area contributed by atoms with Gasteiger partial charge in [-0.15, -0.1) is 0 Å². The molecule has 1 radical (unpaired) electrons. The second kappa shape index (κ2) is 10.4. The molecule has 0 unspecified atom stereocenters. The molecule has 179 valence electrons. The molecule has 4 rings (SSSR count). The molecule has 7 nitrogen and oxygen atoms in total. The normalized spacial score (nSPS) is 18.4. The third-order valence-corrected chi connectivity index (χ3v) is 6.66. The minimum absolute atomic E-state index is 0.0583. The highest BCUT2D eigenvalue weighted by Crippen LogP contribution is 2.28. The quantitative estimate of drug-likeness (QED) is 0.604. The number of benzene rings is 2. The number of carbonyl (C=O) groups is 2. The van der Waals surface area contributed by atoms with Gasteiger partial charge in [0.15, 0.2) is 0 Å². The Morgan fingerprint density at radius 3 is 2.59 bits per heavy atom. The van der Waals surface area contributed by atoms with Crippen molar-refractivity contribution in [3.63, 3.8) is 0 Å². The van der Waals surface area contributed by atoms with Crippen LogP contribution in [0.25, 0.3) is 5.57 Å². The van der Waals surface area contributed by atoms with Crippen LogP contribution in [0.2, 0.25) is 10.0 Å². The molecule has 0 aliphatic carbocycles. The summed E-state index contributed by atoms with van der Waals surface area (Å²) in [5.74, 6) is -0.0574. The summed E-state index contributed by atoms with van der Waals surface area (Å²) in [6.45, 7) is 3.69. The average Bonchev–Trinajstić information content (AvgIpc) is 2.81. The topological polar surface area (TPSA) is 93.0 Å². The zero-order chi connectivity index (χ0) is 24.3. The molecule has 1 atom stereocenters. The van der Waals surface area contributed by atoms with Gasteiger partial charge in [-0.05, 0) is 38.0 Å². The van der Waals surface area contributed by atoms with Crippen LogP contribution < -0.4 is 15.4 Å². The van der Waals surface area contributed by atoms with E-state index in [0.717, 1.165) is 25.9 Å². The summed E-state index contributed by atoms with van der Waals surface area (Å²) in [7, 11) is 0. The number of fused-ring (bicyclic) bond motifs is 1. The smallest absolute Gasteiger partial charge is 0.277 e. The largest absolute Gasteiger partial charge is 0.490 e. The third kappa shape index (κ3) is 5.91. The number of β-amino-alcohol motifs (C(OH)–C–C–N with tert-alkyl or cyclic N) is 1. The maximum absolute atomic E-state index is 12.8. The number of hydrogen-bond donors (Lipinski definition) is 2. The number of hydrogen-bond acceptors (Lipinski definition) is 5. The van der Waals surface area contributed by atoms with Crippen LogP contribution in [0.3, 0.4) is 0 Å². The molecule has 2 aromatic carbocycles. The Morgan fingerprint density at radius 1 is 1.18 bits per heavy atom. The first-order chi connectivity index (χ1) is 16.2.